The van der Waals surface area contributed by atoms with Gasteiger partial charge in [-0.05, 0) is 24.3 Å². The Kier molecular flexibility index (Phi) is 2.41. The summed E-state index contributed by atoms with van der Waals surface area (Å²) in [6, 6.07) is 5.44. The van der Waals surface area contributed by atoms with Crippen LogP contribution in [-0.2, 0) is 4.79 Å². The molecule has 1 aromatic carbocycles. The summed E-state index contributed by atoms with van der Waals surface area (Å²) in [5.41, 5.74) is 1.50. The average Bonchev–Trinajstić information content (AvgIpc) is 2.29. The van der Waals surface area contributed by atoms with Gasteiger partial charge in [-0.2, -0.15) is 0 Å². The van der Waals surface area contributed by atoms with Crippen molar-refractivity contribution in [2.75, 3.05) is 5.32 Å². The molecule has 4 heteroatoms. The van der Waals surface area contributed by atoms with Crippen LogP contribution in [0.3, 0.4) is 0 Å². The van der Waals surface area contributed by atoms with Crippen LogP contribution in [0.25, 0.3) is 10.9 Å². The third-order valence-corrected chi connectivity index (χ3v) is 1.96. The zero-order valence-corrected chi connectivity index (χ0v) is 7.97. The van der Waals surface area contributed by atoms with Crippen LogP contribution in [0.1, 0.15) is 0 Å². The average molecular weight is 199 g/mol. The first-order chi connectivity index (χ1) is 7.29. The lowest BCUT2D eigenvalue weighted by molar-refractivity contribution is -0.111. The Labute approximate surface area is 86.7 Å². The van der Waals surface area contributed by atoms with Crippen LogP contribution in [0.2, 0.25) is 0 Å². The number of benzene rings is 1. The van der Waals surface area contributed by atoms with Crippen molar-refractivity contribution in [1.29, 1.82) is 0 Å². The minimum Gasteiger partial charge on any atom is -0.322 e. The van der Waals surface area contributed by atoms with Crippen molar-refractivity contribution in [3.63, 3.8) is 0 Å². The van der Waals surface area contributed by atoms with E-state index in [0.29, 0.717) is 5.69 Å². The molecule has 15 heavy (non-hydrogen) atoms. The predicted molar refractivity (Wildman–Crippen MR) is 58.4 cm³/mol. The lowest BCUT2D eigenvalue weighted by Crippen LogP contribution is -2.06. The molecule has 0 fully saturated rings. The Hall–Kier alpha value is -2.23. The van der Waals surface area contributed by atoms with Crippen molar-refractivity contribution in [3.05, 3.63) is 43.4 Å². The van der Waals surface area contributed by atoms with E-state index < -0.39 is 0 Å². The standard InChI is InChI=1S/C11H9N3O/c1-2-11(15)14-9-4-3-8-6-12-7-13-10(8)5-9/h2-7H,1H2,(H,14,15). The Bertz CT molecular complexity index is 522. The van der Waals surface area contributed by atoms with E-state index >= 15 is 0 Å². The molecule has 0 bridgehead atoms. The molecule has 0 spiro atoms. The zero-order valence-electron chi connectivity index (χ0n) is 7.97. The predicted octanol–water partition coefficient (Wildman–Crippen LogP) is 1.75. The van der Waals surface area contributed by atoms with Gasteiger partial charge >= 0.3 is 0 Å². The van der Waals surface area contributed by atoms with E-state index in [0.717, 1.165) is 10.9 Å². The third-order valence-electron chi connectivity index (χ3n) is 1.96. The summed E-state index contributed by atoms with van der Waals surface area (Å²) in [6.07, 6.45) is 4.42. The summed E-state index contributed by atoms with van der Waals surface area (Å²) < 4.78 is 0. The van der Waals surface area contributed by atoms with E-state index in [4.69, 9.17) is 0 Å². The molecule has 74 valence electrons. The van der Waals surface area contributed by atoms with E-state index in [1.54, 1.807) is 18.3 Å². The zero-order chi connectivity index (χ0) is 10.7. The molecule has 0 atom stereocenters. The molecule has 1 amide bonds. The van der Waals surface area contributed by atoms with Crippen molar-refractivity contribution in [1.82, 2.24) is 9.97 Å². The van der Waals surface area contributed by atoms with Crippen molar-refractivity contribution in [2.45, 2.75) is 0 Å². The third kappa shape index (κ3) is 1.99. The normalized spacial score (nSPS) is 9.87. The first kappa shape index (κ1) is 9.33. The van der Waals surface area contributed by atoms with Gasteiger partial charge in [0.1, 0.15) is 6.33 Å². The van der Waals surface area contributed by atoms with Gasteiger partial charge in [0, 0.05) is 17.3 Å². The lowest BCUT2D eigenvalue weighted by atomic mass is 10.2. The molecule has 0 radical (unpaired) electrons. The summed E-state index contributed by atoms with van der Waals surface area (Å²) in [5.74, 6) is -0.233. The number of carbonyl (C=O) groups excluding carboxylic acids is 1. The minimum absolute atomic E-state index is 0.233. The number of anilines is 1. The van der Waals surface area contributed by atoms with Gasteiger partial charge in [-0.1, -0.05) is 6.58 Å². The maximum Gasteiger partial charge on any atom is 0.247 e. The summed E-state index contributed by atoms with van der Waals surface area (Å²) in [4.78, 5) is 19.0. The largest absolute Gasteiger partial charge is 0.322 e. The molecule has 0 unspecified atom stereocenters. The van der Waals surface area contributed by atoms with Gasteiger partial charge in [0.15, 0.2) is 0 Å². The smallest absolute Gasteiger partial charge is 0.247 e. The molecule has 1 heterocycles. The summed E-state index contributed by atoms with van der Waals surface area (Å²) >= 11 is 0. The number of hydrogen-bond donors (Lipinski definition) is 1. The van der Waals surface area contributed by atoms with Crippen molar-refractivity contribution < 1.29 is 4.79 Å². The van der Waals surface area contributed by atoms with E-state index in [-0.39, 0.29) is 5.91 Å². The number of hydrogen-bond acceptors (Lipinski definition) is 3. The topological polar surface area (TPSA) is 54.9 Å². The van der Waals surface area contributed by atoms with Crippen molar-refractivity contribution in [2.24, 2.45) is 0 Å². The molecule has 1 N–H and O–H groups in total. The molecule has 0 saturated carbocycles. The first-order valence-electron chi connectivity index (χ1n) is 4.43. The van der Waals surface area contributed by atoms with Crippen LogP contribution >= 0.6 is 0 Å². The van der Waals surface area contributed by atoms with Crippen LogP contribution in [-0.4, -0.2) is 15.9 Å². The van der Waals surface area contributed by atoms with Gasteiger partial charge in [-0.25, -0.2) is 9.97 Å². The SMILES string of the molecule is C=CC(=O)Nc1ccc2cncnc2c1. The first-order valence-corrected chi connectivity index (χ1v) is 4.43. The molecule has 0 aliphatic heterocycles. The fourth-order valence-electron chi connectivity index (χ4n) is 1.24. The highest BCUT2D eigenvalue weighted by Crippen LogP contribution is 2.15. The summed E-state index contributed by atoms with van der Waals surface area (Å²) in [5, 5.41) is 3.61. The quantitative estimate of drug-likeness (QED) is 0.750. The fraction of sp³-hybridized carbons (Fsp3) is 0. The van der Waals surface area contributed by atoms with E-state index in [9.17, 15) is 4.79 Å². The summed E-state index contributed by atoms with van der Waals surface area (Å²) in [7, 11) is 0. The van der Waals surface area contributed by atoms with Crippen LogP contribution in [0, 0.1) is 0 Å². The maximum absolute atomic E-state index is 11.1. The number of carbonyl (C=O) groups is 1. The monoisotopic (exact) mass is 199 g/mol. The van der Waals surface area contributed by atoms with E-state index in [2.05, 4.69) is 21.9 Å². The minimum atomic E-state index is -0.233. The van der Waals surface area contributed by atoms with Gasteiger partial charge < -0.3 is 5.32 Å². The molecule has 2 rings (SSSR count). The number of amides is 1. The molecular formula is C11H9N3O. The maximum atomic E-state index is 11.1. The number of rotatable bonds is 2. The second-order valence-corrected chi connectivity index (χ2v) is 2.99. The van der Waals surface area contributed by atoms with Crippen molar-refractivity contribution >= 4 is 22.5 Å². The van der Waals surface area contributed by atoms with Crippen LogP contribution in [0.15, 0.2) is 43.4 Å². The Morgan fingerprint density at radius 1 is 1.47 bits per heavy atom. The highest BCUT2D eigenvalue weighted by molar-refractivity contribution is 6.00. The Balaban J connectivity index is 2.38. The van der Waals surface area contributed by atoms with Gasteiger partial charge in [-0.15, -0.1) is 0 Å². The second-order valence-electron chi connectivity index (χ2n) is 2.99. The number of fused-ring (bicyclic) bond motifs is 1. The van der Waals surface area contributed by atoms with Gasteiger partial charge in [-0.3, -0.25) is 4.79 Å². The van der Waals surface area contributed by atoms with Crippen LogP contribution < -0.4 is 5.32 Å². The Morgan fingerprint density at radius 3 is 3.13 bits per heavy atom. The van der Waals surface area contributed by atoms with Gasteiger partial charge in [0.25, 0.3) is 0 Å². The fourth-order valence-corrected chi connectivity index (χ4v) is 1.24. The molecule has 4 nitrogen and oxygen atoms in total. The molecule has 2 aromatic rings. The van der Waals surface area contributed by atoms with Gasteiger partial charge in [0.05, 0.1) is 5.52 Å². The number of nitrogens with zero attached hydrogens (tertiary/aromatic N) is 2. The number of aromatic nitrogens is 2. The highest BCUT2D eigenvalue weighted by atomic mass is 16.1. The molecule has 0 aliphatic rings. The van der Waals surface area contributed by atoms with Crippen molar-refractivity contribution in [3.8, 4) is 0 Å². The van der Waals surface area contributed by atoms with E-state index in [1.807, 2.05) is 6.07 Å². The Morgan fingerprint density at radius 2 is 2.33 bits per heavy atom. The molecule has 0 aliphatic carbocycles. The van der Waals surface area contributed by atoms with Crippen LogP contribution in [0.4, 0.5) is 5.69 Å². The lowest BCUT2D eigenvalue weighted by Gasteiger charge is -2.02. The molecular weight excluding hydrogens is 190 g/mol. The summed E-state index contributed by atoms with van der Waals surface area (Å²) in [6.45, 7) is 3.38. The van der Waals surface area contributed by atoms with Crippen LogP contribution in [0.5, 0.6) is 0 Å². The van der Waals surface area contributed by atoms with Gasteiger partial charge in [0.2, 0.25) is 5.91 Å². The highest BCUT2D eigenvalue weighted by Gasteiger charge is 1.99. The van der Waals surface area contributed by atoms with E-state index in [1.165, 1.54) is 12.4 Å². The second kappa shape index (κ2) is 3.88. The molecule has 1 aromatic heterocycles. The number of nitrogens with one attached hydrogen (secondary N) is 1. The molecule has 0 saturated heterocycles.